The highest BCUT2D eigenvalue weighted by Gasteiger charge is 2.53. The number of carboxylic acids is 1. The van der Waals surface area contributed by atoms with Crippen molar-refractivity contribution in [2.45, 2.75) is 24.9 Å². The molecular weight excluding hydrogens is 490 g/mol. The molecule has 0 saturated heterocycles. The molecule has 0 unspecified atom stereocenters. The van der Waals surface area contributed by atoms with E-state index in [9.17, 15) is 20.0 Å². The maximum Gasteiger partial charge on any atom is 0.412 e. The van der Waals surface area contributed by atoms with Crippen LogP contribution in [0.1, 0.15) is 38.7 Å². The molecule has 4 aromatic rings. The minimum Gasteiger partial charge on any atom is -0.481 e. The number of aliphatic carboxylic acids is 1. The van der Waals surface area contributed by atoms with Crippen LogP contribution in [0.2, 0.25) is 0 Å². The molecule has 0 atom stereocenters. The van der Waals surface area contributed by atoms with Crippen LogP contribution in [0, 0.1) is 23.2 Å². The SMILES string of the molecule is N#Cc1nsc(C#Cc2cc3sc(C4(C(=O)O)CC4)cc3s2)c1NC(=O)OCc1ccccc1. The lowest BCUT2D eigenvalue weighted by Crippen LogP contribution is -2.17. The number of nitrogens with zero attached hydrogens (tertiary/aromatic N) is 2. The van der Waals surface area contributed by atoms with E-state index in [-0.39, 0.29) is 18.0 Å². The Morgan fingerprint density at radius 1 is 1.15 bits per heavy atom. The van der Waals surface area contributed by atoms with E-state index in [1.807, 2.05) is 48.5 Å². The Hall–Kier alpha value is -3.70. The largest absolute Gasteiger partial charge is 0.481 e. The van der Waals surface area contributed by atoms with Gasteiger partial charge in [-0.25, -0.2) is 4.79 Å². The summed E-state index contributed by atoms with van der Waals surface area (Å²) in [5.74, 6) is 5.30. The Labute approximate surface area is 206 Å². The van der Waals surface area contributed by atoms with Crippen LogP contribution in [0.3, 0.4) is 0 Å². The number of thiophene rings is 2. The number of amides is 1. The van der Waals surface area contributed by atoms with Gasteiger partial charge in [0.05, 0.1) is 4.88 Å². The molecule has 1 aliphatic rings. The van der Waals surface area contributed by atoms with E-state index >= 15 is 0 Å². The third-order valence-corrected chi connectivity index (χ3v) is 8.55. The van der Waals surface area contributed by atoms with Gasteiger partial charge in [-0.15, -0.1) is 22.7 Å². The number of benzene rings is 1. The number of hydrogen-bond donors (Lipinski definition) is 2. The van der Waals surface area contributed by atoms with E-state index in [0.717, 1.165) is 36.3 Å². The van der Waals surface area contributed by atoms with Gasteiger partial charge in [-0.3, -0.25) is 10.1 Å². The van der Waals surface area contributed by atoms with E-state index < -0.39 is 17.5 Å². The van der Waals surface area contributed by atoms with Gasteiger partial charge in [0.1, 0.15) is 28.7 Å². The zero-order valence-corrected chi connectivity index (χ0v) is 19.9. The molecule has 0 bridgehead atoms. The summed E-state index contributed by atoms with van der Waals surface area (Å²) in [7, 11) is 0. The van der Waals surface area contributed by atoms with Crippen molar-refractivity contribution in [1.29, 1.82) is 5.26 Å². The fraction of sp³-hybridized carbons (Fsp3) is 0.167. The summed E-state index contributed by atoms with van der Waals surface area (Å²) in [5.41, 5.74) is 0.446. The number of carboxylic acid groups (broad SMARTS) is 1. The number of carbonyl (C=O) groups is 2. The van der Waals surface area contributed by atoms with Gasteiger partial charge in [-0.1, -0.05) is 30.3 Å². The number of fused-ring (bicyclic) bond motifs is 1. The first-order valence-electron chi connectivity index (χ1n) is 10.2. The number of rotatable bonds is 5. The molecule has 34 heavy (non-hydrogen) atoms. The summed E-state index contributed by atoms with van der Waals surface area (Å²) in [6.45, 7) is 0.101. The van der Waals surface area contributed by atoms with Crippen molar-refractivity contribution >= 4 is 61.4 Å². The molecule has 1 aromatic carbocycles. The molecule has 168 valence electrons. The summed E-state index contributed by atoms with van der Waals surface area (Å²) >= 11 is 4.01. The van der Waals surface area contributed by atoms with Gasteiger partial charge in [0, 0.05) is 14.3 Å². The van der Waals surface area contributed by atoms with Crippen LogP contribution >= 0.6 is 34.2 Å². The maximum atomic E-state index is 12.3. The number of hydrogen-bond acceptors (Lipinski definition) is 8. The van der Waals surface area contributed by atoms with Gasteiger partial charge in [0.15, 0.2) is 5.69 Å². The van der Waals surface area contributed by atoms with E-state index in [0.29, 0.717) is 17.7 Å². The second kappa shape index (κ2) is 8.92. The summed E-state index contributed by atoms with van der Waals surface area (Å²) in [5, 5.41) is 21.5. The predicted molar refractivity (Wildman–Crippen MR) is 131 cm³/mol. The lowest BCUT2D eigenvalue weighted by Gasteiger charge is -2.06. The van der Waals surface area contributed by atoms with E-state index in [4.69, 9.17) is 4.74 Å². The molecular formula is C24H15N3O4S3. The molecule has 2 N–H and O–H groups in total. The smallest absolute Gasteiger partial charge is 0.412 e. The number of nitrogens with one attached hydrogen (secondary N) is 1. The molecule has 0 aliphatic heterocycles. The van der Waals surface area contributed by atoms with Gasteiger partial charge < -0.3 is 9.84 Å². The Bertz CT molecular complexity index is 1480. The topological polar surface area (TPSA) is 112 Å². The summed E-state index contributed by atoms with van der Waals surface area (Å²) in [6, 6.07) is 15.1. The first-order valence-corrected chi connectivity index (χ1v) is 12.6. The first-order chi connectivity index (χ1) is 16.5. The molecule has 0 radical (unpaired) electrons. The molecule has 3 heterocycles. The third kappa shape index (κ3) is 4.27. The van der Waals surface area contributed by atoms with Crippen LogP contribution in [-0.2, 0) is 21.6 Å². The van der Waals surface area contributed by atoms with Crippen LogP contribution in [0.5, 0.6) is 0 Å². The van der Waals surface area contributed by atoms with Gasteiger partial charge in [-0.05, 0) is 53.9 Å². The number of carbonyl (C=O) groups excluding carboxylic acids is 1. The minimum absolute atomic E-state index is 0.0752. The number of aromatic nitrogens is 1. The third-order valence-electron chi connectivity index (χ3n) is 5.38. The molecule has 3 aromatic heterocycles. The number of anilines is 1. The minimum atomic E-state index is -0.762. The average Bonchev–Trinajstić information content (AvgIpc) is 3.23. The molecule has 1 amide bonds. The van der Waals surface area contributed by atoms with Crippen LogP contribution in [-0.4, -0.2) is 21.5 Å². The average molecular weight is 506 g/mol. The zero-order valence-electron chi connectivity index (χ0n) is 17.5. The van der Waals surface area contributed by atoms with Crippen LogP contribution < -0.4 is 5.32 Å². The molecule has 1 aliphatic carbocycles. The Kier molecular flexibility index (Phi) is 5.80. The van der Waals surface area contributed by atoms with Crippen molar-refractivity contribution in [3.8, 4) is 17.9 Å². The monoisotopic (exact) mass is 505 g/mol. The molecule has 1 fully saturated rings. The second-order valence-electron chi connectivity index (χ2n) is 7.62. The Morgan fingerprint density at radius 2 is 1.91 bits per heavy atom. The molecule has 1 saturated carbocycles. The maximum absolute atomic E-state index is 12.3. The van der Waals surface area contributed by atoms with Crippen molar-refractivity contribution in [3.63, 3.8) is 0 Å². The lowest BCUT2D eigenvalue weighted by atomic mass is 10.1. The Morgan fingerprint density at radius 3 is 2.59 bits per heavy atom. The quantitative estimate of drug-likeness (QED) is 0.344. The first kappa shape index (κ1) is 22.1. The van der Waals surface area contributed by atoms with Crippen molar-refractivity contribution < 1.29 is 19.4 Å². The van der Waals surface area contributed by atoms with Crippen molar-refractivity contribution in [2.24, 2.45) is 0 Å². The standard InChI is InChI=1S/C24H15N3O4S3/c25-12-16-21(26-23(30)31-13-14-4-2-1-3-5-14)17(34-27-16)7-6-15-10-18-19(32-15)11-20(33-18)24(8-9-24)22(28)29/h1-5,10-11H,8-9,13H2,(H,26,30)(H,28,29). The van der Waals surface area contributed by atoms with Gasteiger partial charge >= 0.3 is 12.1 Å². The predicted octanol–water partition coefficient (Wildman–Crippen LogP) is 5.56. The van der Waals surface area contributed by atoms with Crippen molar-refractivity contribution in [1.82, 2.24) is 4.37 Å². The van der Waals surface area contributed by atoms with Crippen LogP contribution in [0.4, 0.5) is 10.5 Å². The highest BCUT2D eigenvalue weighted by molar-refractivity contribution is 7.28. The van der Waals surface area contributed by atoms with Crippen LogP contribution in [0.15, 0.2) is 42.5 Å². The normalized spacial score (nSPS) is 13.5. The van der Waals surface area contributed by atoms with E-state index in [1.54, 1.807) is 0 Å². The highest BCUT2D eigenvalue weighted by Crippen LogP contribution is 2.52. The van der Waals surface area contributed by atoms with Gasteiger partial charge in [0.25, 0.3) is 0 Å². The molecule has 0 spiro atoms. The molecule has 10 heteroatoms. The van der Waals surface area contributed by atoms with Gasteiger partial charge in [0.2, 0.25) is 0 Å². The van der Waals surface area contributed by atoms with E-state index in [2.05, 4.69) is 21.5 Å². The summed E-state index contributed by atoms with van der Waals surface area (Å²) in [4.78, 5) is 26.0. The second-order valence-corrected chi connectivity index (χ2v) is 10.6. The molecule has 7 nitrogen and oxygen atoms in total. The fourth-order valence-electron chi connectivity index (χ4n) is 3.37. The number of nitriles is 1. The highest BCUT2D eigenvalue weighted by atomic mass is 32.1. The summed E-state index contributed by atoms with van der Waals surface area (Å²) in [6.07, 6.45) is 0.665. The van der Waals surface area contributed by atoms with Gasteiger partial charge in [-0.2, -0.15) is 9.64 Å². The van der Waals surface area contributed by atoms with Crippen molar-refractivity contribution in [2.75, 3.05) is 5.32 Å². The van der Waals surface area contributed by atoms with Crippen molar-refractivity contribution in [3.05, 3.63) is 68.4 Å². The number of ether oxygens (including phenoxy) is 1. The fourth-order valence-corrected chi connectivity index (χ4v) is 6.51. The van der Waals surface area contributed by atoms with Crippen LogP contribution in [0.25, 0.3) is 9.40 Å². The zero-order chi connectivity index (χ0) is 23.7. The molecule has 5 rings (SSSR count). The lowest BCUT2D eigenvalue weighted by molar-refractivity contribution is -0.139. The van der Waals surface area contributed by atoms with E-state index in [1.165, 1.54) is 22.7 Å². The Balaban J connectivity index is 1.32. The summed E-state index contributed by atoms with van der Waals surface area (Å²) < 4.78 is 11.3.